The summed E-state index contributed by atoms with van der Waals surface area (Å²) in [7, 11) is 16.4. The Labute approximate surface area is 688 Å². The fraction of sp³-hybridized carbons (Fsp3) is 0.348. The second kappa shape index (κ2) is 34.0. The van der Waals surface area contributed by atoms with Crippen LogP contribution in [0.2, 0.25) is 0 Å². The van der Waals surface area contributed by atoms with Gasteiger partial charge in [0.1, 0.15) is 70.0 Å². The first-order valence-electron chi connectivity index (χ1n) is 40.3. The summed E-state index contributed by atoms with van der Waals surface area (Å²) in [6.45, 7) is 24.6. The van der Waals surface area contributed by atoms with Gasteiger partial charge in [-0.25, -0.2) is 38.9 Å². The van der Waals surface area contributed by atoms with Crippen molar-refractivity contribution in [3.63, 3.8) is 0 Å². The molecule has 2 fully saturated rings. The van der Waals surface area contributed by atoms with Gasteiger partial charge < -0.3 is 47.7 Å². The Bertz CT molecular complexity index is 6580. The molecule has 18 rings (SSSR count). The van der Waals surface area contributed by atoms with Gasteiger partial charge in [-0.05, 0) is 214 Å². The number of nitrogens with zero attached hydrogens (tertiary/aromatic N) is 24. The second-order valence-corrected chi connectivity index (χ2v) is 31.9. The molecule has 0 amide bonds. The van der Waals surface area contributed by atoms with Crippen molar-refractivity contribution in [1.82, 2.24) is 105 Å². The van der Waals surface area contributed by atoms with Gasteiger partial charge in [-0.1, -0.05) is 13.8 Å². The SMILES string of the molecule is CCc1nc(C)cn2nc(-c3cc(=O)n4cc(OCCN(C)C)cc(C)c4n3)cc12.CCc1nc(C)cn2nc(-c3cc(=O)n4cc(OCCN(C)C)ccc4n3)cc12.Cc1cn2cc(-c3cc(=O)n4cc(N5CC[C@@H](N(C)C)C5)ccc4n3)cc(C)c2n1.Cc1cn2cc(-c3cc(=O)n4cc(N5CC[C@H](N(C)C)C5)ccc4n3)cc(C)c2n1. The summed E-state index contributed by atoms with van der Waals surface area (Å²) in [5.41, 5.74) is 22.1. The van der Waals surface area contributed by atoms with Crippen molar-refractivity contribution in [1.29, 1.82) is 0 Å². The fourth-order valence-electron chi connectivity index (χ4n) is 15.4. The third kappa shape index (κ3) is 17.6. The fourth-order valence-corrected chi connectivity index (χ4v) is 15.4. The van der Waals surface area contributed by atoms with Crippen molar-refractivity contribution in [3.8, 4) is 56.8 Å². The minimum Gasteiger partial charge on any atom is -0.491 e. The Morgan fingerprint density at radius 2 is 0.773 bits per heavy atom. The van der Waals surface area contributed by atoms with E-state index < -0.39 is 0 Å². The van der Waals surface area contributed by atoms with E-state index in [9.17, 15) is 19.2 Å². The van der Waals surface area contributed by atoms with Crippen LogP contribution in [0.1, 0.15) is 77.5 Å². The topological polar surface area (TPSA) is 270 Å². The second-order valence-electron chi connectivity index (χ2n) is 31.9. The number of fused-ring (bicyclic) bond motifs is 8. The molecule has 16 aromatic heterocycles. The lowest BCUT2D eigenvalue weighted by atomic mass is 10.1. The third-order valence-corrected chi connectivity index (χ3v) is 21.8. The number of aromatic nitrogens is 18. The molecule has 2 atom stereocenters. The normalized spacial score (nSPS) is 14.3. The van der Waals surface area contributed by atoms with E-state index in [1.54, 1.807) is 39.4 Å². The van der Waals surface area contributed by atoms with E-state index in [1.165, 1.54) is 20.9 Å². The molecule has 2 aliphatic rings. The third-order valence-electron chi connectivity index (χ3n) is 21.8. The van der Waals surface area contributed by atoms with E-state index in [-0.39, 0.29) is 22.2 Å². The highest BCUT2D eigenvalue weighted by Crippen LogP contribution is 2.30. The van der Waals surface area contributed by atoms with Gasteiger partial charge in [0.25, 0.3) is 22.2 Å². The monoisotopic (exact) mass is 1600 g/mol. The van der Waals surface area contributed by atoms with Crippen LogP contribution in [0.5, 0.6) is 11.5 Å². The molecule has 2 aliphatic heterocycles. The molecule has 18 heterocycles. The van der Waals surface area contributed by atoms with Crippen molar-refractivity contribution in [2.24, 2.45) is 0 Å². The van der Waals surface area contributed by atoms with Gasteiger partial charge in [0.05, 0.1) is 104 Å². The molecule has 0 bridgehead atoms. The highest BCUT2D eigenvalue weighted by Gasteiger charge is 2.27. The minimum absolute atomic E-state index is 0.0697. The molecule has 30 nitrogen and oxygen atoms in total. The van der Waals surface area contributed by atoms with Gasteiger partial charge in [0.15, 0.2) is 0 Å². The molecule has 0 saturated carbocycles. The average molecular weight is 1600 g/mol. The zero-order valence-corrected chi connectivity index (χ0v) is 70.8. The Morgan fingerprint density at radius 1 is 0.378 bits per heavy atom. The van der Waals surface area contributed by atoms with Gasteiger partial charge in [-0.3, -0.25) is 46.7 Å². The van der Waals surface area contributed by atoms with Crippen molar-refractivity contribution in [3.05, 3.63) is 245 Å². The van der Waals surface area contributed by atoms with Crippen LogP contribution in [0.25, 0.3) is 90.2 Å². The number of anilines is 2. The van der Waals surface area contributed by atoms with Gasteiger partial charge in [-0.2, -0.15) is 10.2 Å². The summed E-state index contributed by atoms with van der Waals surface area (Å²) in [6, 6.07) is 28.8. The maximum absolute atomic E-state index is 12.9. The van der Waals surface area contributed by atoms with Crippen LogP contribution in [0.15, 0.2) is 172 Å². The summed E-state index contributed by atoms with van der Waals surface area (Å²) in [5, 5.41) is 9.25. The largest absolute Gasteiger partial charge is 0.491 e. The van der Waals surface area contributed by atoms with Gasteiger partial charge >= 0.3 is 0 Å². The number of hydrogen-bond acceptors (Lipinski definition) is 22. The molecule has 614 valence electrons. The van der Waals surface area contributed by atoms with Gasteiger partial charge in [-0.15, -0.1) is 0 Å². The molecule has 119 heavy (non-hydrogen) atoms. The summed E-state index contributed by atoms with van der Waals surface area (Å²) >= 11 is 0. The molecular weight excluding hydrogens is 1500 g/mol. The Hall–Kier alpha value is -12.9. The van der Waals surface area contributed by atoms with E-state index in [0.29, 0.717) is 93.5 Å². The molecular formula is C89H102N24O6. The van der Waals surface area contributed by atoms with Crippen molar-refractivity contribution in [2.75, 3.05) is 119 Å². The quantitative estimate of drug-likeness (QED) is 0.0772. The van der Waals surface area contributed by atoms with E-state index in [0.717, 1.165) is 161 Å². The first-order chi connectivity index (χ1) is 57.1. The Kier molecular flexibility index (Phi) is 23.2. The summed E-state index contributed by atoms with van der Waals surface area (Å²) in [6.07, 6.45) is 22.8. The zero-order chi connectivity index (χ0) is 83.9. The molecule has 0 aromatic carbocycles. The molecule has 0 aliphatic carbocycles. The smallest absolute Gasteiger partial charge is 0.258 e. The summed E-state index contributed by atoms with van der Waals surface area (Å²) < 4.78 is 25.5. The van der Waals surface area contributed by atoms with Crippen molar-refractivity contribution >= 4 is 56.3 Å². The number of ether oxygens (including phenoxy) is 2. The number of likely N-dealkylation sites (N-methyl/N-ethyl adjacent to an activating group) is 4. The van der Waals surface area contributed by atoms with Gasteiger partial charge in [0.2, 0.25) is 0 Å². The minimum atomic E-state index is -0.176. The number of rotatable bonds is 18. The first kappa shape index (κ1) is 81.3. The predicted molar refractivity (Wildman–Crippen MR) is 467 cm³/mol. The summed E-state index contributed by atoms with van der Waals surface area (Å²) in [5.74, 6) is 1.29. The summed E-state index contributed by atoms with van der Waals surface area (Å²) in [4.78, 5) is 102. The maximum atomic E-state index is 12.9. The van der Waals surface area contributed by atoms with Crippen LogP contribution in [0, 0.1) is 48.5 Å². The molecule has 2 saturated heterocycles. The molecule has 30 heteroatoms. The van der Waals surface area contributed by atoms with Crippen LogP contribution >= 0.6 is 0 Å². The Balaban J connectivity index is 0.000000124. The highest BCUT2D eigenvalue weighted by atomic mass is 16.5. The Morgan fingerprint density at radius 3 is 1.22 bits per heavy atom. The van der Waals surface area contributed by atoms with Crippen molar-refractivity contribution < 1.29 is 9.47 Å². The van der Waals surface area contributed by atoms with Crippen molar-refractivity contribution in [2.45, 2.75) is 100 Å². The highest BCUT2D eigenvalue weighted by molar-refractivity contribution is 5.71. The lowest BCUT2D eigenvalue weighted by molar-refractivity contribution is 0.260. The zero-order valence-electron chi connectivity index (χ0n) is 70.8. The van der Waals surface area contributed by atoms with Crippen LogP contribution in [0.4, 0.5) is 11.4 Å². The maximum Gasteiger partial charge on any atom is 0.258 e. The van der Waals surface area contributed by atoms with E-state index >= 15 is 0 Å². The molecule has 0 radical (unpaired) electrons. The van der Waals surface area contributed by atoms with E-state index in [1.807, 2.05) is 202 Å². The number of imidazole rings is 2. The average Bonchev–Trinajstić information content (AvgIpc) is 1.75. The number of aryl methyl sites for hydroxylation is 9. The number of hydrogen-bond donors (Lipinski definition) is 0. The van der Waals surface area contributed by atoms with Crippen LogP contribution < -0.4 is 41.5 Å². The standard InChI is InChI=1S/2C23H26N6O.C22H26N6O2.C21H24N6O2/c2*1-15-9-17(12-28-11-16(2)24-23(15)28)20-10-22(30)29-14-19(5-6-21(29)25-20)27-8-7-18(13-27)26(3)4;1-6-17-20-10-19(25-28(20)12-15(3)23-17)18-11-21(29)27-13-16(30-8-7-26(4)5)9-14(2)22(27)24-18;1-5-16-19-10-18(24-27(19)12-14(2)22-16)17-11-21(28)26-13-15(6-7-20(26)23-17)29-9-8-25(3)4/h2*5-6,9-12,14,18H,7-8,13H2,1-4H3;9-13H,6-8H2,1-5H3;6-7,10-13H,5,8-9H2,1-4H3/t2*18-;;/m10../s1. The van der Waals surface area contributed by atoms with Crippen LogP contribution in [-0.4, -0.2) is 226 Å². The van der Waals surface area contributed by atoms with Crippen LogP contribution in [0.3, 0.4) is 0 Å². The van der Waals surface area contributed by atoms with E-state index in [2.05, 4.69) is 109 Å². The molecule has 16 aromatic rings. The van der Waals surface area contributed by atoms with E-state index in [4.69, 9.17) is 24.4 Å². The first-order valence-corrected chi connectivity index (χ1v) is 40.3. The molecule has 0 unspecified atom stereocenters. The molecule has 0 spiro atoms. The predicted octanol–water partition coefficient (Wildman–Crippen LogP) is 10.3. The lowest BCUT2D eigenvalue weighted by Gasteiger charge is -2.22. The van der Waals surface area contributed by atoms with Crippen LogP contribution in [-0.2, 0) is 12.8 Å². The molecule has 0 N–H and O–H groups in total. The van der Waals surface area contributed by atoms with Gasteiger partial charge in [0, 0.05) is 124 Å². The lowest BCUT2D eigenvalue weighted by Crippen LogP contribution is -2.31. The number of pyridine rings is 6.